The number of nitrogens with zero attached hydrogens (tertiary/aromatic N) is 4. The summed E-state index contributed by atoms with van der Waals surface area (Å²) in [4.78, 5) is 29.7. The van der Waals surface area contributed by atoms with E-state index in [9.17, 15) is 9.59 Å². The minimum Gasteiger partial charge on any atom is -0.497 e. The van der Waals surface area contributed by atoms with Crippen molar-refractivity contribution in [1.29, 1.82) is 0 Å². The van der Waals surface area contributed by atoms with Gasteiger partial charge in [-0.2, -0.15) is 0 Å². The Hall–Kier alpha value is -4.40. The monoisotopic (exact) mass is 515 g/mol. The van der Waals surface area contributed by atoms with Crippen molar-refractivity contribution in [3.05, 3.63) is 78.4 Å². The van der Waals surface area contributed by atoms with E-state index in [4.69, 9.17) is 9.47 Å². The van der Waals surface area contributed by atoms with Crippen LogP contribution in [0.25, 0.3) is 11.0 Å². The van der Waals surface area contributed by atoms with E-state index in [0.29, 0.717) is 40.2 Å². The number of amides is 2. The number of aromatic nitrogens is 3. The first-order chi connectivity index (χ1) is 18.3. The molecule has 198 valence electrons. The Kier molecular flexibility index (Phi) is 7.95. The van der Waals surface area contributed by atoms with Crippen LogP contribution in [0.2, 0.25) is 0 Å². The largest absolute Gasteiger partial charge is 0.497 e. The fourth-order valence-corrected chi connectivity index (χ4v) is 4.18. The average molecular weight is 516 g/mol. The van der Waals surface area contributed by atoms with Gasteiger partial charge in [-0.15, -0.1) is 5.10 Å². The summed E-state index contributed by atoms with van der Waals surface area (Å²) in [5, 5.41) is 11.5. The highest BCUT2D eigenvalue weighted by molar-refractivity contribution is 6.03. The number of hydrogen-bond acceptors (Lipinski definition) is 6. The minimum atomic E-state index is -0.995. The first kappa shape index (κ1) is 26.7. The van der Waals surface area contributed by atoms with E-state index < -0.39 is 11.6 Å². The summed E-state index contributed by atoms with van der Waals surface area (Å²) >= 11 is 0. The number of methoxy groups -OCH3 is 2. The zero-order chi connectivity index (χ0) is 27.3. The third kappa shape index (κ3) is 5.61. The maximum atomic E-state index is 14.2. The Morgan fingerprint density at radius 2 is 1.71 bits per heavy atom. The number of anilines is 1. The van der Waals surface area contributed by atoms with Crippen molar-refractivity contribution >= 4 is 28.5 Å². The van der Waals surface area contributed by atoms with Crippen LogP contribution in [-0.2, 0) is 16.1 Å². The molecule has 0 radical (unpaired) electrons. The molecule has 0 aliphatic rings. The Morgan fingerprint density at radius 3 is 2.39 bits per heavy atom. The van der Waals surface area contributed by atoms with Crippen LogP contribution in [0.3, 0.4) is 0 Å². The molecule has 1 N–H and O–H groups in total. The predicted molar refractivity (Wildman–Crippen MR) is 146 cm³/mol. The van der Waals surface area contributed by atoms with E-state index in [1.807, 2.05) is 75.4 Å². The lowest BCUT2D eigenvalue weighted by Gasteiger charge is -2.35. The Bertz CT molecular complexity index is 1420. The Morgan fingerprint density at radius 1 is 1.00 bits per heavy atom. The fourth-order valence-electron chi connectivity index (χ4n) is 4.18. The number of nitrogens with one attached hydrogen (secondary N) is 1. The molecule has 0 aliphatic carbocycles. The second-order valence-electron chi connectivity index (χ2n) is 9.58. The molecule has 0 unspecified atom stereocenters. The molecule has 0 spiro atoms. The van der Waals surface area contributed by atoms with E-state index in [2.05, 4.69) is 15.6 Å². The van der Waals surface area contributed by atoms with Gasteiger partial charge in [0.25, 0.3) is 0 Å². The first-order valence-corrected chi connectivity index (χ1v) is 12.5. The van der Waals surface area contributed by atoms with Crippen LogP contribution in [0, 0.1) is 0 Å². The molecule has 4 rings (SSSR count). The normalized spacial score (nSPS) is 12.1. The highest BCUT2D eigenvalue weighted by Gasteiger charge is 2.36. The zero-order valence-electron chi connectivity index (χ0n) is 22.3. The van der Waals surface area contributed by atoms with Crippen molar-refractivity contribution in [3.8, 4) is 11.5 Å². The highest BCUT2D eigenvalue weighted by atomic mass is 16.5. The van der Waals surface area contributed by atoms with Gasteiger partial charge in [-0.1, -0.05) is 54.6 Å². The molecule has 38 heavy (non-hydrogen) atoms. The van der Waals surface area contributed by atoms with Gasteiger partial charge in [-0.3, -0.25) is 14.5 Å². The third-order valence-corrected chi connectivity index (χ3v) is 6.59. The van der Waals surface area contributed by atoms with Gasteiger partial charge in [0.2, 0.25) is 11.8 Å². The number of para-hydroxylation sites is 1. The fraction of sp³-hybridized carbons (Fsp3) is 0.310. The van der Waals surface area contributed by atoms with Gasteiger partial charge in [-0.25, -0.2) is 4.68 Å². The number of fused-ring (bicyclic) bond motifs is 1. The molecule has 0 saturated heterocycles. The summed E-state index contributed by atoms with van der Waals surface area (Å²) in [6.07, 6.45) is 0.710. The van der Waals surface area contributed by atoms with Gasteiger partial charge in [0, 0.05) is 11.6 Å². The van der Waals surface area contributed by atoms with E-state index in [-0.39, 0.29) is 18.4 Å². The van der Waals surface area contributed by atoms with Gasteiger partial charge < -0.3 is 14.8 Å². The lowest BCUT2D eigenvalue weighted by Crippen LogP contribution is -2.51. The molecule has 1 heterocycles. The van der Waals surface area contributed by atoms with Crippen molar-refractivity contribution < 1.29 is 19.1 Å². The van der Waals surface area contributed by atoms with Gasteiger partial charge in [-0.05, 0) is 50.1 Å². The van der Waals surface area contributed by atoms with E-state index in [1.54, 1.807) is 25.3 Å². The maximum Gasteiger partial charge on any atom is 0.249 e. The van der Waals surface area contributed by atoms with Crippen molar-refractivity contribution in [3.63, 3.8) is 0 Å². The summed E-state index contributed by atoms with van der Waals surface area (Å²) in [7, 11) is 3.07. The van der Waals surface area contributed by atoms with Crippen molar-refractivity contribution in [1.82, 2.24) is 20.3 Å². The van der Waals surface area contributed by atoms with Crippen LogP contribution >= 0.6 is 0 Å². The van der Waals surface area contributed by atoms with Gasteiger partial charge in [0.1, 0.15) is 29.6 Å². The molecule has 3 aromatic carbocycles. The van der Waals surface area contributed by atoms with Crippen LogP contribution in [0.4, 0.5) is 5.69 Å². The van der Waals surface area contributed by atoms with Gasteiger partial charge in [0.15, 0.2) is 0 Å². The standard InChI is InChI=1S/C29H33N5O4/c1-6-29(2,3)30-28(36)27(20-12-8-7-9-13-20)34(24-18-21(37-4)16-17-25(24)38-5)26(35)19-33-23-15-11-10-14-22(23)31-32-33/h7-18,27H,6,19H2,1-5H3,(H,30,36)/t27-/m0/s1. The van der Waals surface area contributed by atoms with Gasteiger partial charge >= 0.3 is 0 Å². The number of benzene rings is 3. The molecule has 0 saturated carbocycles. The van der Waals surface area contributed by atoms with Crippen LogP contribution in [0.5, 0.6) is 11.5 Å². The number of rotatable bonds is 10. The predicted octanol–water partition coefficient (Wildman–Crippen LogP) is 4.53. The van der Waals surface area contributed by atoms with Crippen molar-refractivity contribution in [2.24, 2.45) is 0 Å². The van der Waals surface area contributed by atoms with Gasteiger partial charge in [0.05, 0.1) is 25.4 Å². The minimum absolute atomic E-state index is 0.144. The molecule has 9 nitrogen and oxygen atoms in total. The summed E-state index contributed by atoms with van der Waals surface area (Å²) < 4.78 is 12.7. The average Bonchev–Trinajstić information content (AvgIpc) is 3.34. The number of ether oxygens (including phenoxy) is 2. The van der Waals surface area contributed by atoms with Crippen LogP contribution < -0.4 is 19.7 Å². The maximum absolute atomic E-state index is 14.2. The summed E-state index contributed by atoms with van der Waals surface area (Å²) in [6.45, 7) is 5.76. The van der Waals surface area contributed by atoms with E-state index >= 15 is 0 Å². The van der Waals surface area contributed by atoms with Crippen LogP contribution in [0.15, 0.2) is 72.8 Å². The summed E-state index contributed by atoms with van der Waals surface area (Å²) in [6, 6.07) is 20.8. The Labute approximate surface area is 222 Å². The topological polar surface area (TPSA) is 98.6 Å². The summed E-state index contributed by atoms with van der Waals surface area (Å²) in [5.74, 6) is 0.257. The van der Waals surface area contributed by atoms with E-state index in [0.717, 1.165) is 0 Å². The van der Waals surface area contributed by atoms with E-state index in [1.165, 1.54) is 16.7 Å². The number of hydrogen-bond donors (Lipinski definition) is 1. The highest BCUT2D eigenvalue weighted by Crippen LogP contribution is 2.38. The molecule has 0 aliphatic heterocycles. The lowest BCUT2D eigenvalue weighted by molar-refractivity contribution is -0.128. The first-order valence-electron chi connectivity index (χ1n) is 12.5. The SMILES string of the molecule is CCC(C)(C)NC(=O)[C@H](c1ccccc1)N(C(=O)Cn1nnc2ccccc21)c1cc(OC)ccc1OC. The molecule has 2 amide bonds. The molecular formula is C29H33N5O4. The third-order valence-electron chi connectivity index (χ3n) is 6.59. The molecular weight excluding hydrogens is 482 g/mol. The van der Waals surface area contributed by atoms with Crippen molar-refractivity contribution in [2.45, 2.75) is 45.3 Å². The smallest absolute Gasteiger partial charge is 0.249 e. The molecule has 1 atom stereocenters. The molecule has 1 aromatic heterocycles. The number of carbonyl (C=O) groups excluding carboxylic acids is 2. The molecule has 9 heteroatoms. The second-order valence-corrected chi connectivity index (χ2v) is 9.58. The summed E-state index contributed by atoms with van der Waals surface area (Å²) in [5.41, 5.74) is 1.96. The molecule has 0 bridgehead atoms. The Balaban J connectivity index is 1.88. The zero-order valence-corrected chi connectivity index (χ0v) is 22.3. The quantitative estimate of drug-likeness (QED) is 0.333. The second kappa shape index (κ2) is 11.3. The number of carbonyl (C=O) groups is 2. The van der Waals surface area contributed by atoms with Crippen molar-refractivity contribution in [2.75, 3.05) is 19.1 Å². The lowest BCUT2D eigenvalue weighted by atomic mass is 9.98. The van der Waals surface area contributed by atoms with Crippen LogP contribution in [-0.4, -0.2) is 46.6 Å². The molecule has 4 aromatic rings. The molecule has 0 fully saturated rings. The van der Waals surface area contributed by atoms with Crippen LogP contribution in [0.1, 0.15) is 38.8 Å².